The van der Waals surface area contributed by atoms with Crippen molar-refractivity contribution in [2.75, 3.05) is 31.2 Å². The quantitative estimate of drug-likeness (QED) is 0.0281. The van der Waals surface area contributed by atoms with E-state index in [-0.39, 0.29) is 24.2 Å². The van der Waals surface area contributed by atoms with E-state index in [1.807, 2.05) is 31.5 Å². The summed E-state index contributed by atoms with van der Waals surface area (Å²) in [4.78, 5) is 49.6. The molecule has 0 atom stereocenters. The summed E-state index contributed by atoms with van der Waals surface area (Å²) in [6.45, 7) is 41.4. The van der Waals surface area contributed by atoms with Gasteiger partial charge in [0.2, 0.25) is 5.69 Å². The molecule has 18 heteroatoms. The van der Waals surface area contributed by atoms with E-state index in [2.05, 4.69) is 146 Å². The molecule has 0 fully saturated rings. The highest BCUT2D eigenvalue weighted by Crippen LogP contribution is 2.35. The number of benzene rings is 1. The van der Waals surface area contributed by atoms with Gasteiger partial charge in [-0.25, -0.2) is 38.6 Å². The Bertz CT molecular complexity index is 3430. The largest absolute Gasteiger partial charge is 0.465 e. The van der Waals surface area contributed by atoms with E-state index >= 15 is 0 Å². The first kappa shape index (κ1) is 63.0. The van der Waals surface area contributed by atoms with Gasteiger partial charge in [0.25, 0.3) is 0 Å². The van der Waals surface area contributed by atoms with Crippen molar-refractivity contribution >= 4 is 50.9 Å². The zero-order valence-electron chi connectivity index (χ0n) is 51.1. The molecule has 0 saturated carbocycles. The fourth-order valence-corrected chi connectivity index (χ4v) is 11.1. The number of thiazole rings is 1. The molecule has 0 aliphatic heterocycles. The van der Waals surface area contributed by atoms with Crippen LogP contribution in [0, 0.1) is 58.4 Å². The molecular weight excluding hydrogens is 1030 g/mol. The minimum absolute atomic E-state index is 0.192. The number of carbonyl (C=O) groups is 2. The van der Waals surface area contributed by atoms with Crippen LogP contribution in [0.1, 0.15) is 213 Å². The van der Waals surface area contributed by atoms with Crippen LogP contribution in [0.5, 0.6) is 0 Å². The number of ether oxygens (including phenoxy) is 2. The molecule has 0 saturated heterocycles. The molecule has 1 aromatic carbocycles. The topological polar surface area (TPSA) is 196 Å². The van der Waals surface area contributed by atoms with Gasteiger partial charge in [-0.05, 0) is 99.0 Å². The number of carbonyl (C=O) groups excluding carboxylic acids is 2. The molecule has 3 N–H and O–H groups in total. The third kappa shape index (κ3) is 15.0. The van der Waals surface area contributed by atoms with Crippen molar-refractivity contribution < 1.29 is 19.1 Å². The number of rotatable bonds is 25. The first-order chi connectivity index (χ1) is 38.7. The Morgan fingerprint density at radius 1 is 0.765 bits per heavy atom. The molecule has 8 aromatic rings. The van der Waals surface area contributed by atoms with Crippen molar-refractivity contribution in [3.8, 4) is 28.3 Å². The number of aromatic amines is 3. The zero-order valence-corrected chi connectivity index (χ0v) is 51.9. The monoisotopic (exact) mass is 1120 g/mol. The number of fused-ring (bicyclic) bond motifs is 3. The Kier molecular flexibility index (Phi) is 22.6. The van der Waals surface area contributed by atoms with Crippen LogP contribution in [0.4, 0.5) is 10.7 Å². The van der Waals surface area contributed by atoms with Crippen LogP contribution in [-0.4, -0.2) is 87.0 Å². The highest BCUT2D eigenvalue weighted by molar-refractivity contribution is 7.18. The average Bonchev–Trinajstić information content (AvgIpc) is 4.51. The van der Waals surface area contributed by atoms with E-state index in [1.54, 1.807) is 22.8 Å². The fraction of sp³-hybridized carbons (Fsp3) is 0.556. The Hall–Kier alpha value is -7.18. The number of nitrogens with zero attached hydrogens (tertiary/aromatic N) is 10. The molecular formula is C63H89N13O4S. The molecule has 17 nitrogen and oxygen atoms in total. The fourth-order valence-electron chi connectivity index (χ4n) is 10.1. The van der Waals surface area contributed by atoms with Crippen LogP contribution in [-0.2, 0) is 26.1 Å². The third-order valence-electron chi connectivity index (χ3n) is 15.0. The summed E-state index contributed by atoms with van der Waals surface area (Å²) in [5.41, 5.74) is 11.8. The van der Waals surface area contributed by atoms with Crippen LogP contribution in [0.3, 0.4) is 0 Å². The van der Waals surface area contributed by atoms with Gasteiger partial charge in [-0.2, -0.15) is 5.26 Å². The molecule has 0 amide bonds. The Labute approximate surface area is 484 Å². The van der Waals surface area contributed by atoms with Gasteiger partial charge >= 0.3 is 11.9 Å². The lowest BCUT2D eigenvalue weighted by Crippen LogP contribution is -2.28. The second-order valence-electron chi connectivity index (χ2n) is 22.7. The molecule has 7 aromatic heterocycles. The number of aryl methyl sites for hydroxylation is 4. The molecule has 0 aliphatic rings. The second kappa shape index (κ2) is 29.0. The Morgan fingerprint density at radius 3 is 1.99 bits per heavy atom. The van der Waals surface area contributed by atoms with Crippen molar-refractivity contribution in [2.45, 2.75) is 199 Å². The van der Waals surface area contributed by atoms with Gasteiger partial charge in [-0.15, -0.1) is 0 Å². The third-order valence-corrected chi connectivity index (χ3v) is 16.1. The Balaban J connectivity index is 0.000000202. The van der Waals surface area contributed by atoms with Crippen LogP contribution in [0.2, 0.25) is 0 Å². The maximum Gasteiger partial charge on any atom is 0.340 e. The van der Waals surface area contributed by atoms with Crippen LogP contribution in [0.15, 0.2) is 30.5 Å². The number of unbranched alkanes of at least 4 members (excludes halogenated alkanes) is 9. The van der Waals surface area contributed by atoms with Crippen molar-refractivity contribution in [3.63, 3.8) is 0 Å². The van der Waals surface area contributed by atoms with E-state index < -0.39 is 5.41 Å². The molecule has 436 valence electrons. The lowest BCUT2D eigenvalue weighted by atomic mass is 9.94. The number of anilines is 1. The molecule has 0 spiro atoms. The molecule has 0 radical (unpaired) electrons. The number of hydrogen-bond acceptors (Lipinski definition) is 11. The summed E-state index contributed by atoms with van der Waals surface area (Å²) < 4.78 is 16.8. The van der Waals surface area contributed by atoms with E-state index in [0.29, 0.717) is 53.2 Å². The van der Waals surface area contributed by atoms with Gasteiger partial charge in [0.1, 0.15) is 17.4 Å². The maximum absolute atomic E-state index is 13.1. The lowest BCUT2D eigenvalue weighted by molar-refractivity contribution is -0.145. The van der Waals surface area contributed by atoms with Crippen LogP contribution < -0.4 is 4.90 Å². The molecule has 8 rings (SSSR count). The number of nitriles is 1. The van der Waals surface area contributed by atoms with Gasteiger partial charge in [0, 0.05) is 47.6 Å². The van der Waals surface area contributed by atoms with Crippen LogP contribution in [0.25, 0.3) is 44.0 Å². The number of H-pyrrole nitrogens is 3. The second-order valence-corrected chi connectivity index (χ2v) is 23.7. The summed E-state index contributed by atoms with van der Waals surface area (Å²) in [6.07, 6.45) is 15.6. The smallest absolute Gasteiger partial charge is 0.340 e. The van der Waals surface area contributed by atoms with Crippen molar-refractivity contribution in [2.24, 2.45) is 5.92 Å². The van der Waals surface area contributed by atoms with E-state index in [4.69, 9.17) is 26.0 Å². The summed E-state index contributed by atoms with van der Waals surface area (Å²) >= 11 is 1.63. The zero-order chi connectivity index (χ0) is 59.1. The van der Waals surface area contributed by atoms with E-state index in [9.17, 15) is 14.9 Å². The molecule has 0 aliphatic carbocycles. The van der Waals surface area contributed by atoms with Gasteiger partial charge in [-0.3, -0.25) is 24.6 Å². The minimum Gasteiger partial charge on any atom is -0.465 e. The Morgan fingerprint density at radius 2 is 1.37 bits per heavy atom. The number of aromatic nitrogens is 10. The highest BCUT2D eigenvalue weighted by atomic mass is 32.1. The predicted molar refractivity (Wildman–Crippen MR) is 327 cm³/mol. The minimum atomic E-state index is -0.532. The highest BCUT2D eigenvalue weighted by Gasteiger charge is 2.30. The summed E-state index contributed by atoms with van der Waals surface area (Å²) in [6, 6.07) is 10.5. The van der Waals surface area contributed by atoms with Gasteiger partial charge in [0.05, 0.1) is 47.7 Å². The SMILES string of the molecule is CCCCCCCCOC(=O)c1c(CC(C)C)c2nc(-c3ncc(N(CC)CC)s3)[nH]n2c1C.Cc1ccc(-c2nc3c(C(C)C)c(C)c(C)n3[nH]2)cc1.[C-]#[N+]c1c(C#N)c(C)n2[nH]c(C(C)(C)COC(=O)CCCCCCC)nc12. The molecule has 0 unspecified atom stereocenters. The van der Waals surface area contributed by atoms with Crippen molar-refractivity contribution in [1.29, 1.82) is 5.26 Å². The molecule has 0 bridgehead atoms. The summed E-state index contributed by atoms with van der Waals surface area (Å²) in [7, 11) is 0. The number of esters is 2. The van der Waals surface area contributed by atoms with Crippen molar-refractivity contribution in [3.05, 3.63) is 98.2 Å². The average molecular weight is 1120 g/mol. The first-order valence-electron chi connectivity index (χ1n) is 29.4. The van der Waals surface area contributed by atoms with Gasteiger partial charge in [0.15, 0.2) is 33.6 Å². The number of hydrogen-bond donors (Lipinski definition) is 3. The summed E-state index contributed by atoms with van der Waals surface area (Å²) in [5, 5.41) is 21.2. The lowest BCUT2D eigenvalue weighted by Gasteiger charge is -2.21. The summed E-state index contributed by atoms with van der Waals surface area (Å²) in [5.74, 6) is 2.73. The van der Waals surface area contributed by atoms with Gasteiger partial charge in [-0.1, -0.05) is 140 Å². The standard InChI is InChI=1S/C26H41N5O2S.C20H27N5O2.C17H21N3/c1-7-10-11-12-13-14-15-33-26(32)22-19(6)31-24(20(22)16-18(4)5)28-23(29-31)25-27-17-21(34-25)30(8-2)9-3;1-6-7-8-9-10-11-16(26)27-13-20(3,4)19-23-18-17(22-5)15(12-21)14(2)25(18)24-19;1-10(2)15-12(4)13(5)20-17(15)18-16(19-20)14-8-6-11(3)7-9-14/h17-18H,7-16H2,1-6H3,(H,28,29);6-11,13H2,1-4H3,(H,23,24);6-10H,1-5H3,(H,18,19). The van der Waals surface area contributed by atoms with Gasteiger partial charge < -0.3 is 14.4 Å². The van der Waals surface area contributed by atoms with E-state index in [1.165, 1.54) is 60.9 Å². The molecule has 7 heterocycles. The van der Waals surface area contributed by atoms with Crippen LogP contribution >= 0.6 is 11.3 Å². The predicted octanol–water partition coefficient (Wildman–Crippen LogP) is 15.6. The normalized spacial score (nSPS) is 11.5. The van der Waals surface area contributed by atoms with Crippen molar-refractivity contribution in [1.82, 2.24) is 48.8 Å². The number of nitrogens with one attached hydrogen (secondary N) is 3. The first-order valence-corrected chi connectivity index (χ1v) is 30.2. The van der Waals surface area contributed by atoms with E-state index in [0.717, 1.165) is 101 Å². The molecule has 81 heavy (non-hydrogen) atoms. The maximum atomic E-state index is 13.1.